The van der Waals surface area contributed by atoms with Crippen LogP contribution < -0.4 is 0 Å². The van der Waals surface area contributed by atoms with Crippen LogP contribution in [0.25, 0.3) is 0 Å². The van der Waals surface area contributed by atoms with Crippen molar-refractivity contribution >= 4 is 11.9 Å². The van der Waals surface area contributed by atoms with Gasteiger partial charge in [-0.3, -0.25) is 9.59 Å². The molecule has 0 spiro atoms. The van der Waals surface area contributed by atoms with E-state index >= 15 is 0 Å². The van der Waals surface area contributed by atoms with E-state index in [4.69, 9.17) is 29.0 Å². The molecule has 5 saturated carbocycles. The van der Waals surface area contributed by atoms with Crippen LogP contribution in [0.3, 0.4) is 0 Å². The fourth-order valence-electron chi connectivity index (χ4n) is 13.5. The Labute approximate surface area is 404 Å². The van der Waals surface area contributed by atoms with Crippen LogP contribution >= 0.6 is 0 Å². The second kappa shape index (κ2) is 33.0. The number of hydrogen-bond donors (Lipinski definition) is 0. The lowest BCUT2D eigenvalue weighted by Crippen LogP contribution is -2.35. The van der Waals surface area contributed by atoms with Gasteiger partial charge in [-0.05, 0) is 135 Å². The zero-order valence-corrected chi connectivity index (χ0v) is 42.7. The van der Waals surface area contributed by atoms with Crippen LogP contribution in [0.5, 0.6) is 0 Å². The van der Waals surface area contributed by atoms with Crippen molar-refractivity contribution in [2.24, 2.45) is 59.2 Å². The zero-order chi connectivity index (χ0) is 46.6. The summed E-state index contributed by atoms with van der Waals surface area (Å²) in [5.74, 6) is 8.03. The van der Waals surface area contributed by atoms with Gasteiger partial charge in [-0.15, -0.1) is 0 Å². The van der Waals surface area contributed by atoms with E-state index in [1.807, 2.05) is 0 Å². The number of ether oxygens (including phenoxy) is 2. The summed E-state index contributed by atoms with van der Waals surface area (Å²) in [5, 5.41) is 0. The van der Waals surface area contributed by atoms with Crippen molar-refractivity contribution in [1.82, 2.24) is 0 Å². The molecule has 8 nitrogen and oxygen atoms in total. The summed E-state index contributed by atoms with van der Waals surface area (Å²) in [6, 6.07) is 0. The molecule has 0 aromatic rings. The van der Waals surface area contributed by atoms with Crippen LogP contribution in [0.15, 0.2) is 24.3 Å². The highest BCUT2D eigenvalue weighted by Gasteiger charge is 2.54. The predicted octanol–water partition coefficient (Wildman–Crippen LogP) is 15.6. The molecule has 0 N–H and O–H groups in total. The maximum Gasteiger partial charge on any atom is 0.305 e. The monoisotopic (exact) mass is 925 g/mol. The molecule has 8 heteroatoms. The largest absolute Gasteiger partial charge is 0.463 e. The predicted molar refractivity (Wildman–Crippen MR) is 267 cm³/mol. The summed E-state index contributed by atoms with van der Waals surface area (Å²) in [7, 11) is 0. The molecule has 8 unspecified atom stereocenters. The van der Waals surface area contributed by atoms with Crippen LogP contribution in [0.1, 0.15) is 232 Å². The van der Waals surface area contributed by atoms with Crippen molar-refractivity contribution in [3.63, 3.8) is 0 Å². The van der Waals surface area contributed by atoms with Gasteiger partial charge in [-0.2, -0.15) is 0 Å². The summed E-state index contributed by atoms with van der Waals surface area (Å²) in [6.07, 6.45) is 43.0. The minimum Gasteiger partial charge on any atom is -0.463 e. The Morgan fingerprint density at radius 2 is 0.758 bits per heavy atom. The van der Waals surface area contributed by atoms with Crippen molar-refractivity contribution in [3.8, 4) is 0 Å². The second-order valence-corrected chi connectivity index (χ2v) is 21.9. The molecule has 0 bridgehead atoms. The molecule has 0 aromatic heterocycles. The molecule has 0 saturated heterocycles. The fraction of sp³-hybridized carbons (Fsp3) is 0.897. The molecular formula is C58H100O8. The maximum absolute atomic E-state index is 12.3. The highest BCUT2D eigenvalue weighted by atomic mass is 17.2. The third-order valence-electron chi connectivity index (χ3n) is 17.1. The fourth-order valence-corrected chi connectivity index (χ4v) is 13.5. The Morgan fingerprint density at radius 3 is 1.18 bits per heavy atom. The van der Waals surface area contributed by atoms with Gasteiger partial charge in [-0.1, -0.05) is 168 Å². The lowest BCUT2D eigenvalue weighted by Gasteiger charge is -2.44. The molecule has 0 aliphatic heterocycles. The first-order chi connectivity index (χ1) is 32.4. The van der Waals surface area contributed by atoms with Crippen LogP contribution in [0, 0.1) is 59.2 Å². The van der Waals surface area contributed by atoms with Gasteiger partial charge in [0.15, 0.2) is 0 Å². The van der Waals surface area contributed by atoms with Crippen LogP contribution in [0.2, 0.25) is 0 Å². The average molecular weight is 925 g/mol. The summed E-state index contributed by atoms with van der Waals surface area (Å²) in [4.78, 5) is 45.8. The Morgan fingerprint density at radius 1 is 0.409 bits per heavy atom. The second-order valence-electron chi connectivity index (χ2n) is 21.9. The topological polar surface area (TPSA) is 89.5 Å². The molecule has 5 rings (SSSR count). The number of esters is 2. The number of carbonyl (C=O) groups is 2. The standard InChI is InChI=1S/C58H100O8/c1-5-7-9-14-21-29-49-47(27-19-8-6-2)37-38-48(28-20-15-10-12-17-23-35-55(59)61-39-41-63-65-43-45(3)57-51-31-25-32-52(51)57)50(49)30-22-16-11-13-18-24-36-56(60)62-40-42-64-66-44-46(4)58-53-33-26-34-54(53)58/h47-54,57-58H,3-44H2,1-2H3. The molecule has 5 aliphatic carbocycles. The van der Waals surface area contributed by atoms with Gasteiger partial charge in [0.05, 0.1) is 0 Å². The highest BCUT2D eigenvalue weighted by Crippen LogP contribution is 2.61. The third-order valence-corrected chi connectivity index (χ3v) is 17.1. The first-order valence-corrected chi connectivity index (χ1v) is 28.6. The minimum absolute atomic E-state index is 0.125. The molecule has 8 atom stereocenters. The van der Waals surface area contributed by atoms with Gasteiger partial charge in [-0.25, -0.2) is 19.6 Å². The van der Waals surface area contributed by atoms with Crippen molar-refractivity contribution in [2.45, 2.75) is 232 Å². The van der Waals surface area contributed by atoms with Crippen LogP contribution in [-0.4, -0.2) is 51.6 Å². The average Bonchev–Trinajstić information content (AvgIpc) is 4.02. The molecule has 5 fully saturated rings. The number of unbranched alkanes of at least 4 members (excludes halogenated alkanes) is 16. The molecule has 0 radical (unpaired) electrons. The SMILES string of the molecule is C=C(COOCCOC(=O)CCCCCCCCC1CCC(CCCCC)C(CCCCCCC)C1CCCCCCCCC(=O)OCCOOCC(=C)C1C2CCCC21)C1C2CCCC21. The van der Waals surface area contributed by atoms with Crippen molar-refractivity contribution < 1.29 is 38.6 Å². The summed E-state index contributed by atoms with van der Waals surface area (Å²) in [6.45, 7) is 15.0. The summed E-state index contributed by atoms with van der Waals surface area (Å²) in [5.41, 5.74) is 2.31. The van der Waals surface area contributed by atoms with E-state index in [0.717, 1.165) is 84.2 Å². The van der Waals surface area contributed by atoms with E-state index in [2.05, 4.69) is 27.0 Å². The van der Waals surface area contributed by atoms with E-state index in [-0.39, 0.29) is 38.4 Å². The van der Waals surface area contributed by atoms with Crippen molar-refractivity contribution in [2.75, 3.05) is 39.6 Å². The van der Waals surface area contributed by atoms with Crippen LogP contribution in [0.4, 0.5) is 0 Å². The number of hydrogen-bond acceptors (Lipinski definition) is 8. The van der Waals surface area contributed by atoms with E-state index in [1.165, 1.54) is 180 Å². The quantitative estimate of drug-likeness (QED) is 0.0197. The Bertz CT molecular complexity index is 1330. The van der Waals surface area contributed by atoms with Gasteiger partial charge < -0.3 is 9.47 Å². The molecule has 5 aliphatic rings. The third kappa shape index (κ3) is 20.3. The lowest BCUT2D eigenvalue weighted by atomic mass is 9.61. The molecule has 0 heterocycles. The van der Waals surface area contributed by atoms with Crippen LogP contribution in [-0.2, 0) is 38.6 Å². The minimum atomic E-state index is -0.126. The van der Waals surface area contributed by atoms with Gasteiger partial charge >= 0.3 is 11.9 Å². The number of rotatable bonds is 42. The normalized spacial score (nSPS) is 27.4. The van der Waals surface area contributed by atoms with Gasteiger partial charge in [0.25, 0.3) is 0 Å². The molecular weight excluding hydrogens is 825 g/mol. The smallest absolute Gasteiger partial charge is 0.305 e. The Kier molecular flexibility index (Phi) is 27.6. The first kappa shape index (κ1) is 55.2. The van der Waals surface area contributed by atoms with E-state index < -0.39 is 0 Å². The van der Waals surface area contributed by atoms with Crippen molar-refractivity contribution in [1.29, 1.82) is 0 Å². The zero-order valence-electron chi connectivity index (χ0n) is 42.7. The highest BCUT2D eigenvalue weighted by molar-refractivity contribution is 5.69. The van der Waals surface area contributed by atoms with E-state index in [0.29, 0.717) is 37.9 Å². The maximum atomic E-state index is 12.3. The summed E-state index contributed by atoms with van der Waals surface area (Å²) < 4.78 is 10.8. The van der Waals surface area contributed by atoms with E-state index in [1.54, 1.807) is 0 Å². The van der Waals surface area contributed by atoms with E-state index in [9.17, 15) is 9.59 Å². The van der Waals surface area contributed by atoms with Gasteiger partial charge in [0.2, 0.25) is 0 Å². The molecule has 380 valence electrons. The van der Waals surface area contributed by atoms with Crippen molar-refractivity contribution in [3.05, 3.63) is 24.3 Å². The summed E-state index contributed by atoms with van der Waals surface area (Å²) >= 11 is 0. The number of carbonyl (C=O) groups excluding carboxylic acids is 2. The van der Waals surface area contributed by atoms with Gasteiger partial charge in [0.1, 0.15) is 39.6 Å². The Hall–Kier alpha value is -1.74. The molecule has 66 heavy (non-hydrogen) atoms. The Balaban J connectivity index is 0.897. The first-order valence-electron chi connectivity index (χ1n) is 28.6. The molecule has 0 aromatic carbocycles. The van der Waals surface area contributed by atoms with Gasteiger partial charge in [0, 0.05) is 12.8 Å². The number of fused-ring (bicyclic) bond motifs is 2. The molecule has 0 amide bonds. The lowest BCUT2D eigenvalue weighted by molar-refractivity contribution is -0.292.